The van der Waals surface area contributed by atoms with Crippen LogP contribution in [-0.2, 0) is 4.74 Å². The molecule has 0 aromatic heterocycles. The Morgan fingerprint density at radius 3 is 2.43 bits per heavy atom. The van der Waals surface area contributed by atoms with E-state index >= 15 is 0 Å². The molecule has 1 aliphatic rings. The summed E-state index contributed by atoms with van der Waals surface area (Å²) in [6.07, 6.45) is -0.0370. The van der Waals surface area contributed by atoms with Crippen molar-refractivity contribution < 1.29 is 14.2 Å². The molecule has 1 unspecified atom stereocenters. The maximum Gasteiger partial charge on any atom is 0.123 e. The number of morpholine rings is 1. The first kappa shape index (κ1) is 16.4. The summed E-state index contributed by atoms with van der Waals surface area (Å²) in [6.45, 7) is 10.8. The van der Waals surface area contributed by atoms with Crippen molar-refractivity contribution in [2.75, 3.05) is 19.6 Å². The van der Waals surface area contributed by atoms with E-state index < -0.39 is 6.10 Å². The summed E-state index contributed by atoms with van der Waals surface area (Å²) in [6, 6.07) is 6.19. The lowest BCUT2D eigenvalue weighted by molar-refractivity contribution is -0.181. The van der Waals surface area contributed by atoms with Gasteiger partial charge >= 0.3 is 0 Å². The van der Waals surface area contributed by atoms with Crippen molar-refractivity contribution in [3.63, 3.8) is 0 Å². The van der Waals surface area contributed by atoms with Crippen LogP contribution in [0.25, 0.3) is 0 Å². The number of hydrogen-bond donors (Lipinski definition) is 1. The molecular formula is C17H26FNO2. The summed E-state index contributed by atoms with van der Waals surface area (Å²) in [5.41, 5.74) is 0.263. The highest BCUT2D eigenvalue weighted by molar-refractivity contribution is 5.18. The predicted molar refractivity (Wildman–Crippen MR) is 81.7 cm³/mol. The number of nitrogens with zero attached hydrogens (tertiary/aromatic N) is 1. The predicted octanol–water partition coefficient (Wildman–Crippen LogP) is 3.14. The van der Waals surface area contributed by atoms with Gasteiger partial charge in [-0.25, -0.2) is 4.39 Å². The largest absolute Gasteiger partial charge is 0.388 e. The van der Waals surface area contributed by atoms with E-state index in [-0.39, 0.29) is 17.0 Å². The fourth-order valence-corrected chi connectivity index (χ4v) is 3.29. The van der Waals surface area contributed by atoms with Crippen molar-refractivity contribution in [1.29, 1.82) is 0 Å². The maximum atomic E-state index is 13.2. The van der Waals surface area contributed by atoms with Gasteiger partial charge in [0.1, 0.15) is 5.82 Å². The van der Waals surface area contributed by atoms with Crippen LogP contribution >= 0.6 is 0 Å². The monoisotopic (exact) mass is 295 g/mol. The number of ether oxygens (including phenoxy) is 1. The Bertz CT molecular complexity index is 471. The molecule has 0 radical (unpaired) electrons. The van der Waals surface area contributed by atoms with E-state index in [1.807, 2.05) is 0 Å². The minimum Gasteiger partial charge on any atom is -0.388 e. The SMILES string of the molecule is CC1(C)CN(CCC(O)c2cccc(F)c2)CC(C)(C)O1. The van der Waals surface area contributed by atoms with E-state index in [2.05, 4.69) is 32.6 Å². The van der Waals surface area contributed by atoms with Gasteiger partial charge in [0.25, 0.3) is 0 Å². The molecule has 0 bridgehead atoms. The normalized spacial score (nSPS) is 23.0. The van der Waals surface area contributed by atoms with Crippen LogP contribution in [0, 0.1) is 5.82 Å². The van der Waals surface area contributed by atoms with Crippen LogP contribution in [0.1, 0.15) is 45.8 Å². The Morgan fingerprint density at radius 1 is 1.24 bits per heavy atom. The van der Waals surface area contributed by atoms with Gasteiger partial charge in [-0.3, -0.25) is 4.90 Å². The van der Waals surface area contributed by atoms with Gasteiger partial charge in [0, 0.05) is 19.6 Å². The van der Waals surface area contributed by atoms with Crippen LogP contribution in [0.15, 0.2) is 24.3 Å². The summed E-state index contributed by atoms with van der Waals surface area (Å²) < 4.78 is 19.2. The zero-order chi connectivity index (χ0) is 15.7. The van der Waals surface area contributed by atoms with E-state index in [4.69, 9.17) is 4.74 Å². The number of benzene rings is 1. The van der Waals surface area contributed by atoms with Gasteiger partial charge in [-0.05, 0) is 51.8 Å². The van der Waals surface area contributed by atoms with Crippen LogP contribution in [0.5, 0.6) is 0 Å². The van der Waals surface area contributed by atoms with Gasteiger partial charge in [-0.1, -0.05) is 12.1 Å². The number of hydrogen-bond acceptors (Lipinski definition) is 3. The number of halogens is 1. The van der Waals surface area contributed by atoms with E-state index in [0.29, 0.717) is 12.0 Å². The molecule has 1 aromatic carbocycles. The Morgan fingerprint density at radius 2 is 1.86 bits per heavy atom. The minimum absolute atomic E-state index is 0.189. The second kappa shape index (κ2) is 6.03. The Balaban J connectivity index is 1.93. The highest BCUT2D eigenvalue weighted by atomic mass is 19.1. The second-order valence-corrected chi connectivity index (χ2v) is 7.19. The molecule has 1 N–H and O–H groups in total. The highest BCUT2D eigenvalue weighted by Crippen LogP contribution is 2.29. The number of aliphatic hydroxyl groups excluding tert-OH is 1. The number of rotatable bonds is 4. The quantitative estimate of drug-likeness (QED) is 0.926. The molecule has 1 aromatic rings. The first-order valence-corrected chi connectivity index (χ1v) is 7.53. The average molecular weight is 295 g/mol. The van der Waals surface area contributed by atoms with Crippen LogP contribution < -0.4 is 0 Å². The molecule has 1 saturated heterocycles. The average Bonchev–Trinajstić information content (AvgIpc) is 2.32. The van der Waals surface area contributed by atoms with Crippen molar-refractivity contribution in [3.8, 4) is 0 Å². The summed E-state index contributed by atoms with van der Waals surface area (Å²) in [7, 11) is 0. The molecule has 0 spiro atoms. The van der Waals surface area contributed by atoms with Gasteiger partial charge in [0.2, 0.25) is 0 Å². The molecule has 0 amide bonds. The van der Waals surface area contributed by atoms with Gasteiger partial charge in [-0.2, -0.15) is 0 Å². The lowest BCUT2D eigenvalue weighted by atomic mass is 9.98. The van der Waals surface area contributed by atoms with Crippen molar-refractivity contribution in [2.24, 2.45) is 0 Å². The molecule has 1 heterocycles. The molecule has 0 saturated carbocycles. The van der Waals surface area contributed by atoms with Crippen molar-refractivity contribution in [1.82, 2.24) is 4.90 Å². The van der Waals surface area contributed by atoms with Gasteiger partial charge in [0.05, 0.1) is 17.3 Å². The summed E-state index contributed by atoms with van der Waals surface area (Å²) >= 11 is 0. The standard InChI is InChI=1S/C17H26FNO2/c1-16(2)11-19(12-17(3,4)21-16)9-8-15(20)13-6-5-7-14(18)10-13/h5-7,10,15,20H,8-9,11-12H2,1-4H3. The van der Waals surface area contributed by atoms with Crippen molar-refractivity contribution in [2.45, 2.75) is 51.4 Å². The highest BCUT2D eigenvalue weighted by Gasteiger charge is 2.37. The van der Waals surface area contributed by atoms with Crippen LogP contribution in [0.2, 0.25) is 0 Å². The smallest absolute Gasteiger partial charge is 0.123 e. The fourth-order valence-electron chi connectivity index (χ4n) is 3.29. The molecule has 1 aliphatic heterocycles. The van der Waals surface area contributed by atoms with Crippen molar-refractivity contribution >= 4 is 0 Å². The molecule has 1 atom stereocenters. The maximum absolute atomic E-state index is 13.2. The Labute approximate surface area is 126 Å². The van der Waals surface area contributed by atoms with Gasteiger partial charge < -0.3 is 9.84 Å². The second-order valence-electron chi connectivity index (χ2n) is 7.19. The summed E-state index contributed by atoms with van der Waals surface area (Å²) in [4.78, 5) is 2.31. The molecular weight excluding hydrogens is 269 g/mol. The lowest BCUT2D eigenvalue weighted by Crippen LogP contribution is -2.57. The Kier molecular flexibility index (Phi) is 4.71. The summed E-state index contributed by atoms with van der Waals surface area (Å²) in [5, 5.41) is 10.2. The van der Waals surface area contributed by atoms with Gasteiger partial charge in [0.15, 0.2) is 0 Å². The molecule has 2 rings (SSSR count). The van der Waals surface area contributed by atoms with Crippen LogP contribution in [-0.4, -0.2) is 40.8 Å². The first-order valence-electron chi connectivity index (χ1n) is 7.53. The van der Waals surface area contributed by atoms with Crippen LogP contribution in [0.3, 0.4) is 0 Å². The molecule has 4 heteroatoms. The number of aliphatic hydroxyl groups is 1. The van der Waals surface area contributed by atoms with Crippen molar-refractivity contribution in [3.05, 3.63) is 35.6 Å². The lowest BCUT2D eigenvalue weighted by Gasteiger charge is -2.47. The molecule has 118 valence electrons. The third-order valence-corrected chi connectivity index (χ3v) is 3.71. The molecule has 3 nitrogen and oxygen atoms in total. The zero-order valence-electron chi connectivity index (χ0n) is 13.4. The third-order valence-electron chi connectivity index (χ3n) is 3.71. The zero-order valence-corrected chi connectivity index (χ0v) is 13.4. The Hall–Kier alpha value is -0.970. The minimum atomic E-state index is -0.630. The molecule has 21 heavy (non-hydrogen) atoms. The summed E-state index contributed by atoms with van der Waals surface area (Å²) in [5.74, 6) is -0.305. The first-order chi connectivity index (χ1) is 9.67. The molecule has 0 aliphatic carbocycles. The fraction of sp³-hybridized carbons (Fsp3) is 0.647. The van der Waals surface area contributed by atoms with E-state index in [1.165, 1.54) is 12.1 Å². The van der Waals surface area contributed by atoms with E-state index in [9.17, 15) is 9.50 Å². The molecule has 1 fully saturated rings. The third kappa shape index (κ3) is 4.77. The van der Waals surface area contributed by atoms with Gasteiger partial charge in [-0.15, -0.1) is 0 Å². The van der Waals surface area contributed by atoms with Crippen LogP contribution in [0.4, 0.5) is 4.39 Å². The van der Waals surface area contributed by atoms with E-state index in [0.717, 1.165) is 19.6 Å². The topological polar surface area (TPSA) is 32.7 Å². The van der Waals surface area contributed by atoms with E-state index in [1.54, 1.807) is 12.1 Å².